The van der Waals surface area contributed by atoms with Crippen molar-refractivity contribution < 1.29 is 9.59 Å². The number of amides is 2. The van der Waals surface area contributed by atoms with Gasteiger partial charge >= 0.3 is 0 Å². The van der Waals surface area contributed by atoms with Gasteiger partial charge in [0.25, 0.3) is 5.91 Å². The Hall–Kier alpha value is -2.70. The standard InChI is InChI=1S/C12H13N5O2/c1-2-11(18)15-10-5-3-4-9(6-10)12(19)16-17-7-13-14-8-17/h3-8H,2H2,1H3,(H,15,18)(H,16,19). The molecule has 0 aliphatic heterocycles. The van der Waals surface area contributed by atoms with Crippen molar-refractivity contribution in [2.75, 3.05) is 10.7 Å². The van der Waals surface area contributed by atoms with Crippen LogP contribution >= 0.6 is 0 Å². The van der Waals surface area contributed by atoms with Gasteiger partial charge in [-0.15, -0.1) is 10.2 Å². The fourth-order valence-electron chi connectivity index (χ4n) is 1.43. The summed E-state index contributed by atoms with van der Waals surface area (Å²) in [5.41, 5.74) is 3.59. The van der Waals surface area contributed by atoms with E-state index >= 15 is 0 Å². The Morgan fingerprint density at radius 1 is 1.26 bits per heavy atom. The van der Waals surface area contributed by atoms with Crippen molar-refractivity contribution in [2.24, 2.45) is 0 Å². The van der Waals surface area contributed by atoms with Crippen LogP contribution in [-0.2, 0) is 4.79 Å². The smallest absolute Gasteiger partial charge is 0.270 e. The molecule has 2 rings (SSSR count). The van der Waals surface area contributed by atoms with Gasteiger partial charge in [0, 0.05) is 17.7 Å². The zero-order chi connectivity index (χ0) is 13.7. The Morgan fingerprint density at radius 2 is 2.00 bits per heavy atom. The van der Waals surface area contributed by atoms with Crippen molar-refractivity contribution in [1.29, 1.82) is 0 Å². The van der Waals surface area contributed by atoms with Crippen molar-refractivity contribution in [3.05, 3.63) is 42.5 Å². The number of benzene rings is 1. The van der Waals surface area contributed by atoms with Gasteiger partial charge in [0.2, 0.25) is 5.91 Å². The molecule has 0 unspecified atom stereocenters. The van der Waals surface area contributed by atoms with E-state index in [2.05, 4.69) is 20.9 Å². The zero-order valence-electron chi connectivity index (χ0n) is 10.3. The molecule has 0 saturated heterocycles. The Balaban J connectivity index is 2.09. The van der Waals surface area contributed by atoms with Gasteiger partial charge in [0.1, 0.15) is 12.7 Å². The first kappa shape index (κ1) is 12.7. The molecule has 1 aromatic heterocycles. The van der Waals surface area contributed by atoms with Crippen molar-refractivity contribution >= 4 is 17.5 Å². The van der Waals surface area contributed by atoms with Crippen molar-refractivity contribution in [3.8, 4) is 0 Å². The normalized spacial score (nSPS) is 9.95. The quantitative estimate of drug-likeness (QED) is 0.857. The van der Waals surface area contributed by atoms with E-state index in [0.29, 0.717) is 17.7 Å². The van der Waals surface area contributed by atoms with Gasteiger partial charge in [0.15, 0.2) is 0 Å². The number of nitrogens with one attached hydrogen (secondary N) is 2. The number of carbonyl (C=O) groups excluding carboxylic acids is 2. The molecular weight excluding hydrogens is 246 g/mol. The van der Waals surface area contributed by atoms with Gasteiger partial charge < -0.3 is 5.32 Å². The van der Waals surface area contributed by atoms with E-state index in [-0.39, 0.29) is 11.8 Å². The summed E-state index contributed by atoms with van der Waals surface area (Å²) in [7, 11) is 0. The summed E-state index contributed by atoms with van der Waals surface area (Å²) in [6, 6.07) is 6.68. The van der Waals surface area contributed by atoms with Crippen LogP contribution in [0.25, 0.3) is 0 Å². The Labute approximate surface area is 109 Å². The summed E-state index contributed by atoms with van der Waals surface area (Å²) in [5.74, 6) is -0.413. The number of aromatic nitrogens is 3. The van der Waals surface area contributed by atoms with Crippen LogP contribution in [0.4, 0.5) is 5.69 Å². The maximum absolute atomic E-state index is 11.9. The van der Waals surface area contributed by atoms with Gasteiger partial charge in [0.05, 0.1) is 0 Å². The average Bonchev–Trinajstić information content (AvgIpc) is 2.91. The second-order valence-corrected chi connectivity index (χ2v) is 3.79. The summed E-state index contributed by atoms with van der Waals surface area (Å²) in [5, 5.41) is 9.85. The molecule has 7 nitrogen and oxygen atoms in total. The highest BCUT2D eigenvalue weighted by atomic mass is 16.2. The molecule has 0 saturated carbocycles. The minimum Gasteiger partial charge on any atom is -0.326 e. The van der Waals surface area contributed by atoms with Crippen molar-refractivity contribution in [2.45, 2.75) is 13.3 Å². The topological polar surface area (TPSA) is 88.9 Å². The van der Waals surface area contributed by atoms with Crippen LogP contribution in [0.15, 0.2) is 36.9 Å². The van der Waals surface area contributed by atoms with E-state index in [1.54, 1.807) is 31.2 Å². The molecule has 2 amide bonds. The number of carbonyl (C=O) groups is 2. The van der Waals surface area contributed by atoms with Crippen LogP contribution in [0.2, 0.25) is 0 Å². The first-order valence-electron chi connectivity index (χ1n) is 5.75. The molecule has 7 heteroatoms. The van der Waals surface area contributed by atoms with Crippen molar-refractivity contribution in [3.63, 3.8) is 0 Å². The fourth-order valence-corrected chi connectivity index (χ4v) is 1.43. The van der Waals surface area contributed by atoms with Crippen LogP contribution in [0.5, 0.6) is 0 Å². The molecule has 1 heterocycles. The zero-order valence-corrected chi connectivity index (χ0v) is 10.3. The number of rotatable bonds is 4. The average molecular weight is 259 g/mol. The molecule has 0 radical (unpaired) electrons. The lowest BCUT2D eigenvalue weighted by Gasteiger charge is -2.07. The molecular formula is C12H13N5O2. The lowest BCUT2D eigenvalue weighted by atomic mass is 10.2. The Morgan fingerprint density at radius 3 is 2.68 bits per heavy atom. The monoisotopic (exact) mass is 259 g/mol. The molecule has 0 aliphatic rings. The maximum atomic E-state index is 11.9. The van der Waals surface area contributed by atoms with E-state index in [4.69, 9.17) is 0 Å². The molecule has 2 N–H and O–H groups in total. The van der Waals surface area contributed by atoms with E-state index in [1.165, 1.54) is 17.3 Å². The molecule has 0 aliphatic carbocycles. The van der Waals surface area contributed by atoms with Crippen LogP contribution in [0, 0.1) is 0 Å². The molecule has 0 bridgehead atoms. The van der Waals surface area contributed by atoms with Gasteiger partial charge in [-0.05, 0) is 18.2 Å². The summed E-state index contributed by atoms with van der Waals surface area (Å²) in [6.07, 6.45) is 3.14. The van der Waals surface area contributed by atoms with Crippen molar-refractivity contribution in [1.82, 2.24) is 14.9 Å². The van der Waals surface area contributed by atoms with E-state index in [1.807, 2.05) is 0 Å². The highest BCUT2D eigenvalue weighted by Crippen LogP contribution is 2.11. The predicted molar refractivity (Wildman–Crippen MR) is 69.1 cm³/mol. The highest BCUT2D eigenvalue weighted by Gasteiger charge is 2.07. The van der Waals surface area contributed by atoms with Gasteiger partial charge in [-0.2, -0.15) is 0 Å². The molecule has 0 atom stereocenters. The molecule has 0 fully saturated rings. The summed E-state index contributed by atoms with van der Waals surface area (Å²) in [6.45, 7) is 1.76. The number of nitrogens with zero attached hydrogens (tertiary/aromatic N) is 3. The van der Waals surface area contributed by atoms with Gasteiger partial charge in [-0.25, -0.2) is 4.68 Å². The highest BCUT2D eigenvalue weighted by molar-refractivity contribution is 6.01. The minimum absolute atomic E-state index is 0.101. The third-order valence-electron chi connectivity index (χ3n) is 2.38. The predicted octanol–water partition coefficient (Wildman–Crippen LogP) is 1.01. The Kier molecular flexibility index (Phi) is 3.87. The number of hydrogen-bond acceptors (Lipinski definition) is 4. The molecule has 98 valence electrons. The fraction of sp³-hybridized carbons (Fsp3) is 0.167. The van der Waals surface area contributed by atoms with E-state index in [9.17, 15) is 9.59 Å². The molecule has 0 spiro atoms. The lowest BCUT2D eigenvalue weighted by molar-refractivity contribution is -0.115. The second kappa shape index (κ2) is 5.76. The van der Waals surface area contributed by atoms with E-state index in [0.717, 1.165) is 0 Å². The molecule has 19 heavy (non-hydrogen) atoms. The summed E-state index contributed by atoms with van der Waals surface area (Å²) in [4.78, 5) is 23.2. The third-order valence-corrected chi connectivity index (χ3v) is 2.38. The number of anilines is 1. The van der Waals surface area contributed by atoms with Gasteiger partial charge in [-0.3, -0.25) is 15.0 Å². The number of hydrogen-bond donors (Lipinski definition) is 2. The molecule has 2 aromatic rings. The van der Waals surface area contributed by atoms with E-state index < -0.39 is 0 Å². The largest absolute Gasteiger partial charge is 0.326 e. The second-order valence-electron chi connectivity index (χ2n) is 3.79. The van der Waals surface area contributed by atoms with Crippen LogP contribution in [-0.4, -0.2) is 26.7 Å². The Bertz CT molecular complexity index is 580. The van der Waals surface area contributed by atoms with Crippen LogP contribution in [0.1, 0.15) is 23.7 Å². The first-order valence-corrected chi connectivity index (χ1v) is 5.75. The lowest BCUT2D eigenvalue weighted by Crippen LogP contribution is -2.21. The van der Waals surface area contributed by atoms with Crippen LogP contribution in [0.3, 0.4) is 0 Å². The SMILES string of the molecule is CCC(=O)Nc1cccc(C(=O)Nn2cnnc2)c1. The van der Waals surface area contributed by atoms with Crippen LogP contribution < -0.4 is 10.7 Å². The summed E-state index contributed by atoms with van der Waals surface area (Å²) < 4.78 is 1.35. The first-order chi connectivity index (χ1) is 9.19. The third kappa shape index (κ3) is 3.38. The minimum atomic E-state index is -0.313. The van der Waals surface area contributed by atoms with Gasteiger partial charge in [-0.1, -0.05) is 13.0 Å². The summed E-state index contributed by atoms with van der Waals surface area (Å²) >= 11 is 0. The molecule has 1 aromatic carbocycles. The maximum Gasteiger partial charge on any atom is 0.270 e.